The first kappa shape index (κ1) is 23.5. The van der Waals surface area contributed by atoms with Gasteiger partial charge in [-0.25, -0.2) is 4.79 Å². The molecule has 0 bridgehead atoms. The summed E-state index contributed by atoms with van der Waals surface area (Å²) in [5.74, 6) is -0.539. The van der Waals surface area contributed by atoms with Gasteiger partial charge < -0.3 is 25.4 Å². The van der Waals surface area contributed by atoms with Crippen molar-refractivity contribution in [2.75, 3.05) is 6.54 Å². The van der Waals surface area contributed by atoms with Crippen molar-refractivity contribution in [2.24, 2.45) is 0 Å². The second-order valence-corrected chi connectivity index (χ2v) is 9.00. The third-order valence-corrected chi connectivity index (χ3v) is 4.51. The lowest BCUT2D eigenvalue weighted by atomic mass is 10.0. The van der Waals surface area contributed by atoms with Crippen LogP contribution in [0.15, 0.2) is 18.2 Å². The number of phenols is 1. The first-order valence-corrected chi connectivity index (χ1v) is 10.3. The molecule has 0 aliphatic heterocycles. The number of rotatable bonds is 7. The number of alkyl carbamates (subject to hydrolysis) is 1. The molecule has 1 aliphatic rings. The van der Waals surface area contributed by atoms with Gasteiger partial charge in [0.05, 0.1) is 0 Å². The van der Waals surface area contributed by atoms with Gasteiger partial charge in [0.15, 0.2) is 0 Å². The van der Waals surface area contributed by atoms with E-state index in [0.29, 0.717) is 11.1 Å². The first-order chi connectivity index (χ1) is 13.9. The minimum absolute atomic E-state index is 0.0741. The van der Waals surface area contributed by atoms with Crippen LogP contribution < -0.4 is 10.6 Å². The van der Waals surface area contributed by atoms with Gasteiger partial charge in [-0.2, -0.15) is 0 Å². The molecule has 0 heterocycles. The number of ether oxygens (including phenoxy) is 1. The molecular formula is C22H33N3O5. The monoisotopic (exact) mass is 419 g/mol. The van der Waals surface area contributed by atoms with Crippen LogP contribution in [0.4, 0.5) is 4.79 Å². The Labute approximate surface area is 178 Å². The fourth-order valence-electron chi connectivity index (χ4n) is 3.11. The average molecular weight is 420 g/mol. The number of benzene rings is 1. The van der Waals surface area contributed by atoms with Crippen LogP contribution >= 0.6 is 0 Å². The largest absolute Gasteiger partial charge is 0.508 e. The molecule has 166 valence electrons. The van der Waals surface area contributed by atoms with Crippen LogP contribution in [-0.2, 0) is 14.3 Å². The number of nitrogens with one attached hydrogen (secondary N) is 2. The van der Waals surface area contributed by atoms with Crippen LogP contribution in [0.1, 0.15) is 64.6 Å². The van der Waals surface area contributed by atoms with E-state index in [1.54, 1.807) is 44.7 Å². The lowest BCUT2D eigenvalue weighted by Crippen LogP contribution is -2.49. The van der Waals surface area contributed by atoms with Crippen LogP contribution in [0.2, 0.25) is 0 Å². The summed E-state index contributed by atoms with van der Waals surface area (Å²) in [6.45, 7) is 10.4. The Morgan fingerprint density at radius 2 is 1.87 bits per heavy atom. The minimum atomic E-state index is -0.855. The van der Waals surface area contributed by atoms with Crippen LogP contribution in [0.3, 0.4) is 0 Å². The first-order valence-electron chi connectivity index (χ1n) is 10.3. The zero-order valence-corrected chi connectivity index (χ0v) is 18.6. The number of nitrogens with zero attached hydrogens (tertiary/aromatic N) is 1. The van der Waals surface area contributed by atoms with Crippen LogP contribution in [0, 0.1) is 6.92 Å². The molecule has 1 aromatic carbocycles. The van der Waals surface area contributed by atoms with E-state index in [1.165, 1.54) is 6.07 Å². The van der Waals surface area contributed by atoms with Crippen molar-refractivity contribution in [1.82, 2.24) is 15.5 Å². The van der Waals surface area contributed by atoms with E-state index in [1.807, 2.05) is 13.8 Å². The highest BCUT2D eigenvalue weighted by molar-refractivity contribution is 5.91. The fourth-order valence-corrected chi connectivity index (χ4v) is 3.11. The summed E-state index contributed by atoms with van der Waals surface area (Å²) in [6.07, 6.45) is 0.900. The molecule has 1 saturated carbocycles. The highest BCUT2D eigenvalue weighted by Gasteiger charge is 2.41. The summed E-state index contributed by atoms with van der Waals surface area (Å²) in [6, 6.07) is 3.85. The third-order valence-electron chi connectivity index (χ3n) is 4.51. The fraction of sp³-hybridized carbons (Fsp3) is 0.591. The molecule has 8 heteroatoms. The molecule has 0 radical (unpaired) electrons. The number of aromatic hydroxyl groups is 1. The number of amides is 3. The molecule has 0 aromatic heterocycles. The van der Waals surface area contributed by atoms with E-state index < -0.39 is 17.7 Å². The zero-order chi connectivity index (χ0) is 22.6. The van der Waals surface area contributed by atoms with Crippen molar-refractivity contribution >= 4 is 17.9 Å². The van der Waals surface area contributed by atoms with Gasteiger partial charge in [0.25, 0.3) is 0 Å². The standard InChI is InChI=1S/C22H33N3O5/c1-13(2)24-20(28)19(15-7-10-17(26)14(3)11-15)25(16-8-9-16)18(27)12-23-21(29)30-22(4,5)6/h7,10-11,13,16,19,26H,8-9,12H2,1-6H3,(H,23,29)(H,24,28). The van der Waals surface area contributed by atoms with E-state index in [0.717, 1.165) is 12.8 Å². The van der Waals surface area contributed by atoms with E-state index >= 15 is 0 Å². The molecule has 0 saturated heterocycles. The molecule has 30 heavy (non-hydrogen) atoms. The number of carbonyl (C=O) groups excluding carboxylic acids is 3. The molecule has 1 aliphatic carbocycles. The molecule has 3 amide bonds. The molecule has 0 spiro atoms. The Hall–Kier alpha value is -2.77. The Morgan fingerprint density at radius 1 is 1.23 bits per heavy atom. The number of hydrogen-bond donors (Lipinski definition) is 3. The van der Waals surface area contributed by atoms with Gasteiger partial charge in [0.1, 0.15) is 23.9 Å². The molecule has 3 N–H and O–H groups in total. The van der Waals surface area contributed by atoms with Crippen LogP contribution in [-0.4, -0.2) is 52.1 Å². The van der Waals surface area contributed by atoms with Gasteiger partial charge in [0, 0.05) is 12.1 Å². The van der Waals surface area contributed by atoms with Crippen molar-refractivity contribution in [1.29, 1.82) is 0 Å². The predicted octanol–water partition coefficient (Wildman–Crippen LogP) is 2.78. The Balaban J connectivity index is 2.27. The summed E-state index contributed by atoms with van der Waals surface area (Å²) in [7, 11) is 0. The topological polar surface area (TPSA) is 108 Å². The van der Waals surface area contributed by atoms with Gasteiger partial charge in [-0.3, -0.25) is 9.59 Å². The highest BCUT2D eigenvalue weighted by atomic mass is 16.6. The summed E-state index contributed by atoms with van der Waals surface area (Å²) < 4.78 is 5.19. The summed E-state index contributed by atoms with van der Waals surface area (Å²) in [5.41, 5.74) is 0.554. The van der Waals surface area contributed by atoms with Gasteiger partial charge >= 0.3 is 6.09 Å². The minimum Gasteiger partial charge on any atom is -0.508 e. The number of phenolic OH excluding ortho intramolecular Hbond substituents is 1. The Morgan fingerprint density at radius 3 is 2.37 bits per heavy atom. The second-order valence-electron chi connectivity index (χ2n) is 9.00. The molecule has 1 atom stereocenters. The summed E-state index contributed by atoms with van der Waals surface area (Å²) in [5, 5.41) is 15.2. The predicted molar refractivity (Wildman–Crippen MR) is 113 cm³/mol. The normalized spacial score (nSPS) is 14.8. The Kier molecular flexibility index (Phi) is 7.34. The van der Waals surface area contributed by atoms with Crippen molar-refractivity contribution in [3.63, 3.8) is 0 Å². The SMILES string of the molecule is Cc1cc(C(C(=O)NC(C)C)N(C(=O)CNC(=O)OC(C)(C)C)C2CC2)ccc1O. The smallest absolute Gasteiger partial charge is 0.408 e. The van der Waals surface area contributed by atoms with Crippen LogP contribution in [0.5, 0.6) is 5.75 Å². The third kappa shape index (κ3) is 6.64. The highest BCUT2D eigenvalue weighted by Crippen LogP contribution is 2.36. The van der Waals surface area contributed by atoms with Crippen molar-refractivity contribution < 1.29 is 24.2 Å². The molecular weight excluding hydrogens is 386 g/mol. The average Bonchev–Trinajstić information content (AvgIpc) is 3.42. The lowest BCUT2D eigenvalue weighted by molar-refractivity contribution is -0.141. The lowest BCUT2D eigenvalue weighted by Gasteiger charge is -2.32. The van der Waals surface area contributed by atoms with Crippen LogP contribution in [0.25, 0.3) is 0 Å². The van der Waals surface area contributed by atoms with Crippen molar-refractivity contribution in [2.45, 2.75) is 78.1 Å². The maximum absolute atomic E-state index is 13.1. The maximum atomic E-state index is 13.1. The number of carbonyl (C=O) groups is 3. The summed E-state index contributed by atoms with van der Waals surface area (Å²) >= 11 is 0. The van der Waals surface area contributed by atoms with Gasteiger partial charge in [-0.15, -0.1) is 0 Å². The van der Waals surface area contributed by atoms with Crippen molar-refractivity contribution in [3.05, 3.63) is 29.3 Å². The molecule has 1 aromatic rings. The number of aryl methyl sites for hydroxylation is 1. The van der Waals surface area contributed by atoms with E-state index in [2.05, 4.69) is 10.6 Å². The molecule has 8 nitrogen and oxygen atoms in total. The molecule has 1 unspecified atom stereocenters. The number of hydrogen-bond acceptors (Lipinski definition) is 5. The second kappa shape index (κ2) is 9.36. The molecule has 1 fully saturated rings. The van der Waals surface area contributed by atoms with E-state index in [9.17, 15) is 19.5 Å². The molecule has 2 rings (SSSR count). The zero-order valence-electron chi connectivity index (χ0n) is 18.6. The van der Waals surface area contributed by atoms with Gasteiger partial charge in [-0.05, 0) is 77.6 Å². The Bertz CT molecular complexity index is 796. The van der Waals surface area contributed by atoms with E-state index in [4.69, 9.17) is 4.74 Å². The van der Waals surface area contributed by atoms with Gasteiger partial charge in [0.2, 0.25) is 11.8 Å². The summed E-state index contributed by atoms with van der Waals surface area (Å²) in [4.78, 5) is 39.7. The quantitative estimate of drug-likeness (QED) is 0.630. The van der Waals surface area contributed by atoms with Gasteiger partial charge in [-0.1, -0.05) is 6.07 Å². The maximum Gasteiger partial charge on any atom is 0.408 e. The van der Waals surface area contributed by atoms with E-state index in [-0.39, 0.29) is 36.2 Å². The van der Waals surface area contributed by atoms with Crippen molar-refractivity contribution in [3.8, 4) is 5.75 Å².